The van der Waals surface area contributed by atoms with Crippen LogP contribution in [0.5, 0.6) is 0 Å². The third-order valence-electron chi connectivity index (χ3n) is 1.67. The second-order valence-corrected chi connectivity index (χ2v) is 2.44. The van der Waals surface area contributed by atoms with E-state index in [1.807, 2.05) is 26.0 Å². The van der Waals surface area contributed by atoms with Crippen molar-refractivity contribution in [1.82, 2.24) is 0 Å². The molecule has 0 spiro atoms. The lowest BCUT2D eigenvalue weighted by atomic mass is 9.96. The Hall–Kier alpha value is -0.340. The molecule has 1 atom stereocenters. The maximum absolute atomic E-state index is 8.68. The van der Waals surface area contributed by atoms with Crippen LogP contribution in [0.3, 0.4) is 0 Å². The van der Waals surface area contributed by atoms with Gasteiger partial charge >= 0.3 is 0 Å². The van der Waals surface area contributed by atoms with Crippen LogP contribution in [0.4, 0.5) is 0 Å². The smallest absolute Gasteiger partial charge is 0.157 e. The number of hydrogen-bond acceptors (Lipinski definition) is 2. The fraction of sp³-hybridized carbons (Fsp3) is 0.778. The first-order valence-corrected chi connectivity index (χ1v) is 4.33. The second kappa shape index (κ2) is 6.38. The number of aliphatic hydroxyl groups excluding tert-OH is 1. The largest absolute Gasteiger partial charge is 0.368 e. The van der Waals surface area contributed by atoms with Gasteiger partial charge in [0.05, 0.1) is 0 Å². The van der Waals surface area contributed by atoms with Crippen molar-refractivity contribution in [2.24, 2.45) is 5.92 Å². The Morgan fingerprint density at radius 1 is 1.36 bits per heavy atom. The molecule has 0 aromatic heterocycles. The summed E-state index contributed by atoms with van der Waals surface area (Å²) < 4.78 is 0. The topological polar surface area (TPSA) is 40.5 Å². The molecule has 0 saturated carbocycles. The van der Waals surface area contributed by atoms with Gasteiger partial charge < -0.3 is 10.2 Å². The van der Waals surface area contributed by atoms with Crippen molar-refractivity contribution in [2.75, 3.05) is 0 Å². The summed E-state index contributed by atoms with van der Waals surface area (Å²) in [7, 11) is 0. The maximum Gasteiger partial charge on any atom is 0.157 e. The molecule has 1 aliphatic rings. The minimum absolute atomic E-state index is 0.0150. The molecule has 2 N–H and O–H groups in total. The lowest BCUT2D eigenvalue weighted by molar-refractivity contribution is -0.0730. The van der Waals surface area contributed by atoms with Crippen molar-refractivity contribution in [3.63, 3.8) is 0 Å². The first-order valence-electron chi connectivity index (χ1n) is 4.33. The van der Waals surface area contributed by atoms with E-state index < -0.39 is 6.29 Å². The van der Waals surface area contributed by atoms with Gasteiger partial charge in [-0.2, -0.15) is 0 Å². The van der Waals surface area contributed by atoms with Crippen molar-refractivity contribution in [1.29, 1.82) is 0 Å². The number of allylic oxidation sites excluding steroid dienone is 1. The SMILES string of the molecule is CC.OC(O)[C@H]1C=CCCC1. The average Bonchev–Trinajstić information content (AvgIpc) is 2.10. The molecule has 2 heteroatoms. The molecule has 0 amide bonds. The first-order chi connectivity index (χ1) is 5.30. The molecule has 0 aliphatic heterocycles. The van der Waals surface area contributed by atoms with Crippen LogP contribution in [0.2, 0.25) is 0 Å². The van der Waals surface area contributed by atoms with Gasteiger partial charge in [-0.15, -0.1) is 0 Å². The molecule has 11 heavy (non-hydrogen) atoms. The van der Waals surface area contributed by atoms with Crippen molar-refractivity contribution in [3.8, 4) is 0 Å². The predicted molar refractivity (Wildman–Crippen MR) is 46.1 cm³/mol. The van der Waals surface area contributed by atoms with E-state index in [1.54, 1.807) is 0 Å². The van der Waals surface area contributed by atoms with Gasteiger partial charge in [0.25, 0.3) is 0 Å². The van der Waals surface area contributed by atoms with Gasteiger partial charge in [0.1, 0.15) is 0 Å². The van der Waals surface area contributed by atoms with Crippen LogP contribution in [0.25, 0.3) is 0 Å². The van der Waals surface area contributed by atoms with E-state index in [2.05, 4.69) is 0 Å². The highest BCUT2D eigenvalue weighted by atomic mass is 16.5. The lowest BCUT2D eigenvalue weighted by Crippen LogP contribution is -2.18. The zero-order chi connectivity index (χ0) is 8.69. The molecule has 2 nitrogen and oxygen atoms in total. The van der Waals surface area contributed by atoms with Gasteiger partial charge in [-0.25, -0.2) is 0 Å². The van der Waals surface area contributed by atoms with E-state index in [9.17, 15) is 0 Å². The summed E-state index contributed by atoms with van der Waals surface area (Å²) in [5.41, 5.74) is 0. The maximum atomic E-state index is 8.68. The van der Waals surface area contributed by atoms with Gasteiger partial charge in [-0.3, -0.25) is 0 Å². The molecule has 0 aromatic rings. The van der Waals surface area contributed by atoms with Gasteiger partial charge in [0.15, 0.2) is 6.29 Å². The Labute approximate surface area is 68.6 Å². The van der Waals surface area contributed by atoms with Crippen molar-refractivity contribution >= 4 is 0 Å². The monoisotopic (exact) mass is 158 g/mol. The van der Waals surface area contributed by atoms with Crippen LogP contribution in [0.15, 0.2) is 12.2 Å². The molecular formula is C9H18O2. The van der Waals surface area contributed by atoms with E-state index in [1.165, 1.54) is 0 Å². The zero-order valence-electron chi connectivity index (χ0n) is 7.33. The summed E-state index contributed by atoms with van der Waals surface area (Å²) in [5, 5.41) is 17.4. The number of rotatable bonds is 1. The molecule has 0 unspecified atom stereocenters. The van der Waals surface area contributed by atoms with Crippen LogP contribution in [0.1, 0.15) is 33.1 Å². The van der Waals surface area contributed by atoms with E-state index in [0.29, 0.717) is 0 Å². The third kappa shape index (κ3) is 4.17. The molecule has 0 radical (unpaired) electrons. The van der Waals surface area contributed by atoms with E-state index in [0.717, 1.165) is 19.3 Å². The van der Waals surface area contributed by atoms with Crippen LogP contribution >= 0.6 is 0 Å². The van der Waals surface area contributed by atoms with Crippen LogP contribution in [-0.4, -0.2) is 16.5 Å². The summed E-state index contributed by atoms with van der Waals surface area (Å²) in [6.07, 6.45) is 5.82. The van der Waals surface area contributed by atoms with E-state index in [4.69, 9.17) is 10.2 Å². The quantitative estimate of drug-likeness (QED) is 0.450. The van der Waals surface area contributed by atoms with Crippen LogP contribution in [0, 0.1) is 5.92 Å². The third-order valence-corrected chi connectivity index (χ3v) is 1.67. The normalized spacial score (nSPS) is 22.8. The summed E-state index contributed by atoms with van der Waals surface area (Å²) in [6, 6.07) is 0. The Morgan fingerprint density at radius 2 is 2.00 bits per heavy atom. The highest BCUT2D eigenvalue weighted by molar-refractivity contribution is 4.93. The molecule has 0 bridgehead atoms. The summed E-state index contributed by atoms with van der Waals surface area (Å²) >= 11 is 0. The Morgan fingerprint density at radius 3 is 2.27 bits per heavy atom. The van der Waals surface area contributed by atoms with Crippen LogP contribution < -0.4 is 0 Å². The second-order valence-electron chi connectivity index (χ2n) is 2.44. The zero-order valence-corrected chi connectivity index (χ0v) is 7.33. The Bertz CT molecular complexity index is 108. The standard InChI is InChI=1S/C7H12O2.C2H6/c8-7(9)6-4-2-1-3-5-6;1-2/h2,4,6-9H,1,3,5H2;1-2H3/t6-;/m0./s1. The summed E-state index contributed by atoms with van der Waals surface area (Å²) in [4.78, 5) is 0. The minimum Gasteiger partial charge on any atom is -0.368 e. The van der Waals surface area contributed by atoms with Crippen molar-refractivity contribution in [2.45, 2.75) is 39.4 Å². The molecule has 66 valence electrons. The summed E-state index contributed by atoms with van der Waals surface area (Å²) in [6.45, 7) is 4.00. The molecule has 1 rings (SSSR count). The number of hydrogen-bond donors (Lipinski definition) is 2. The molecule has 1 aliphatic carbocycles. The minimum atomic E-state index is -1.15. The molecular weight excluding hydrogens is 140 g/mol. The van der Waals surface area contributed by atoms with E-state index >= 15 is 0 Å². The first kappa shape index (κ1) is 10.7. The van der Waals surface area contributed by atoms with E-state index in [-0.39, 0.29) is 5.92 Å². The Balaban J connectivity index is 0.000000461. The number of aliphatic hydroxyl groups is 2. The molecule has 0 fully saturated rings. The van der Waals surface area contributed by atoms with Gasteiger partial charge in [-0.1, -0.05) is 26.0 Å². The fourth-order valence-electron chi connectivity index (χ4n) is 1.09. The molecule has 0 saturated heterocycles. The van der Waals surface area contributed by atoms with Crippen LogP contribution in [-0.2, 0) is 0 Å². The summed E-state index contributed by atoms with van der Waals surface area (Å²) in [5.74, 6) is -0.0150. The van der Waals surface area contributed by atoms with Crippen molar-refractivity contribution in [3.05, 3.63) is 12.2 Å². The molecule has 0 heterocycles. The lowest BCUT2D eigenvalue weighted by Gasteiger charge is -2.17. The highest BCUT2D eigenvalue weighted by Gasteiger charge is 2.14. The Kier molecular flexibility index (Phi) is 6.18. The highest BCUT2D eigenvalue weighted by Crippen LogP contribution is 2.18. The van der Waals surface area contributed by atoms with Gasteiger partial charge in [0.2, 0.25) is 0 Å². The van der Waals surface area contributed by atoms with Gasteiger partial charge in [-0.05, 0) is 19.3 Å². The fourth-order valence-corrected chi connectivity index (χ4v) is 1.09. The average molecular weight is 158 g/mol. The van der Waals surface area contributed by atoms with Gasteiger partial charge in [0, 0.05) is 5.92 Å². The van der Waals surface area contributed by atoms with Crippen molar-refractivity contribution < 1.29 is 10.2 Å². The molecule has 0 aromatic carbocycles. The predicted octanol–water partition coefficient (Wildman–Crippen LogP) is 1.68.